The maximum atomic E-state index is 2.31. The van der Waals surface area contributed by atoms with E-state index in [0.29, 0.717) is 0 Å². The molecule has 0 bridgehead atoms. The Morgan fingerprint density at radius 3 is 2.35 bits per heavy atom. The molecule has 0 radical (unpaired) electrons. The van der Waals surface area contributed by atoms with E-state index in [1.807, 2.05) is 0 Å². The van der Waals surface area contributed by atoms with Gasteiger partial charge in [-0.25, -0.2) is 0 Å². The van der Waals surface area contributed by atoms with Gasteiger partial charge in [0.1, 0.15) is 0 Å². The van der Waals surface area contributed by atoms with Gasteiger partial charge in [0, 0.05) is 0 Å². The molecule has 0 saturated heterocycles. The summed E-state index contributed by atoms with van der Waals surface area (Å²) in [6.07, 6.45) is 3.43. The first-order valence-electron chi connectivity index (χ1n) is 6.38. The third-order valence-electron chi connectivity index (χ3n) is 3.67. The molecule has 92 valence electrons. The average molecular weight is 228 g/mol. The summed E-state index contributed by atoms with van der Waals surface area (Å²) in [5.41, 5.74) is 8.35. The van der Waals surface area contributed by atoms with Crippen molar-refractivity contribution in [1.29, 1.82) is 0 Å². The first-order chi connectivity index (χ1) is 7.97. The summed E-state index contributed by atoms with van der Waals surface area (Å²) in [7, 11) is 0. The van der Waals surface area contributed by atoms with Crippen LogP contribution < -0.4 is 0 Å². The van der Waals surface area contributed by atoms with Crippen LogP contribution in [0, 0.1) is 13.8 Å². The monoisotopic (exact) mass is 228 g/mol. The molecule has 0 N–H and O–H groups in total. The van der Waals surface area contributed by atoms with Gasteiger partial charge in [-0.3, -0.25) is 0 Å². The van der Waals surface area contributed by atoms with Crippen LogP contribution in [0.25, 0.3) is 5.57 Å². The predicted molar refractivity (Wildman–Crippen MR) is 78.2 cm³/mol. The Balaban J connectivity index is 3.17. The molecular formula is C17H24. The van der Waals surface area contributed by atoms with E-state index in [1.165, 1.54) is 33.4 Å². The van der Waals surface area contributed by atoms with Gasteiger partial charge in [0.25, 0.3) is 0 Å². The molecule has 0 heteroatoms. The van der Waals surface area contributed by atoms with Crippen LogP contribution in [0.15, 0.2) is 35.4 Å². The molecule has 0 aliphatic carbocycles. The minimum Gasteiger partial charge on any atom is -0.0707 e. The zero-order valence-electron chi connectivity index (χ0n) is 12.0. The van der Waals surface area contributed by atoms with Crippen LogP contribution in [0.5, 0.6) is 0 Å². The molecule has 0 heterocycles. The van der Waals surface area contributed by atoms with Crippen LogP contribution in [-0.4, -0.2) is 0 Å². The van der Waals surface area contributed by atoms with Crippen molar-refractivity contribution in [2.45, 2.75) is 48.0 Å². The fraction of sp³-hybridized carbons (Fsp3) is 0.412. The SMILES string of the molecule is CCC(C)=C(C)/C=C(/C)c1cccc(C)c1C. The van der Waals surface area contributed by atoms with Crippen molar-refractivity contribution in [3.63, 3.8) is 0 Å². The van der Waals surface area contributed by atoms with Gasteiger partial charge in [-0.05, 0) is 63.3 Å². The summed E-state index contributed by atoms with van der Waals surface area (Å²) in [5, 5.41) is 0. The molecule has 1 aromatic carbocycles. The third kappa shape index (κ3) is 3.33. The standard InChI is InChI=1S/C17H24/c1-7-12(2)14(4)11-15(5)17-10-8-9-13(3)16(17)6/h8-11H,7H2,1-6H3/b14-12?,15-11-. The first kappa shape index (κ1) is 13.8. The topological polar surface area (TPSA) is 0 Å². The molecule has 0 fully saturated rings. The average Bonchev–Trinajstić information content (AvgIpc) is 2.31. The summed E-state index contributed by atoms with van der Waals surface area (Å²) in [6.45, 7) is 13.2. The molecule has 0 saturated carbocycles. The molecule has 0 aliphatic heterocycles. The van der Waals surface area contributed by atoms with Gasteiger partial charge >= 0.3 is 0 Å². The summed E-state index contributed by atoms with van der Waals surface area (Å²) in [5.74, 6) is 0. The Morgan fingerprint density at radius 2 is 1.76 bits per heavy atom. The molecule has 0 amide bonds. The van der Waals surface area contributed by atoms with Gasteiger partial charge in [-0.2, -0.15) is 0 Å². The van der Waals surface area contributed by atoms with E-state index >= 15 is 0 Å². The van der Waals surface area contributed by atoms with Gasteiger partial charge in [0.05, 0.1) is 0 Å². The lowest BCUT2D eigenvalue weighted by Gasteiger charge is -2.10. The maximum Gasteiger partial charge on any atom is -0.0195 e. The Kier molecular flexibility index (Phi) is 4.74. The van der Waals surface area contributed by atoms with E-state index in [2.05, 4.69) is 65.8 Å². The highest BCUT2D eigenvalue weighted by molar-refractivity contribution is 5.69. The molecule has 0 nitrogen and oxygen atoms in total. The molecule has 0 unspecified atom stereocenters. The number of hydrogen-bond acceptors (Lipinski definition) is 0. The molecule has 1 rings (SSSR count). The predicted octanol–water partition coefficient (Wildman–Crippen LogP) is 5.45. The van der Waals surface area contributed by atoms with Crippen molar-refractivity contribution in [2.24, 2.45) is 0 Å². The summed E-state index contributed by atoms with van der Waals surface area (Å²) < 4.78 is 0. The second-order valence-electron chi connectivity index (χ2n) is 4.89. The number of rotatable bonds is 3. The quantitative estimate of drug-likeness (QED) is 0.603. The second-order valence-corrected chi connectivity index (χ2v) is 4.89. The molecule has 0 atom stereocenters. The molecule has 0 aliphatic rings. The Labute approximate surface area is 106 Å². The molecular weight excluding hydrogens is 204 g/mol. The van der Waals surface area contributed by atoms with Crippen LogP contribution in [0.4, 0.5) is 0 Å². The highest BCUT2D eigenvalue weighted by atomic mass is 14.1. The highest BCUT2D eigenvalue weighted by Crippen LogP contribution is 2.23. The normalized spacial score (nSPS) is 13.6. The first-order valence-corrected chi connectivity index (χ1v) is 6.38. The smallest absolute Gasteiger partial charge is 0.0195 e. The molecule has 1 aromatic rings. The number of hydrogen-bond donors (Lipinski definition) is 0. The highest BCUT2D eigenvalue weighted by Gasteiger charge is 2.02. The zero-order valence-corrected chi connectivity index (χ0v) is 12.0. The van der Waals surface area contributed by atoms with E-state index in [0.717, 1.165) is 6.42 Å². The number of allylic oxidation sites excluding steroid dienone is 4. The number of benzene rings is 1. The number of aryl methyl sites for hydroxylation is 1. The van der Waals surface area contributed by atoms with E-state index < -0.39 is 0 Å². The van der Waals surface area contributed by atoms with Crippen molar-refractivity contribution >= 4 is 5.57 Å². The van der Waals surface area contributed by atoms with Gasteiger partial charge in [0.2, 0.25) is 0 Å². The van der Waals surface area contributed by atoms with Crippen molar-refractivity contribution < 1.29 is 0 Å². The van der Waals surface area contributed by atoms with Crippen molar-refractivity contribution in [2.75, 3.05) is 0 Å². The molecule has 17 heavy (non-hydrogen) atoms. The lowest BCUT2D eigenvalue weighted by molar-refractivity contribution is 1.07. The Morgan fingerprint density at radius 1 is 1.12 bits per heavy atom. The van der Waals surface area contributed by atoms with Gasteiger partial charge < -0.3 is 0 Å². The van der Waals surface area contributed by atoms with Crippen LogP contribution in [0.3, 0.4) is 0 Å². The second kappa shape index (κ2) is 5.86. The van der Waals surface area contributed by atoms with Crippen LogP contribution in [-0.2, 0) is 0 Å². The molecule has 0 spiro atoms. The van der Waals surface area contributed by atoms with Crippen LogP contribution in [0.2, 0.25) is 0 Å². The Hall–Kier alpha value is -1.30. The van der Waals surface area contributed by atoms with Gasteiger partial charge in [0.15, 0.2) is 0 Å². The molecule has 0 aromatic heterocycles. The fourth-order valence-electron chi connectivity index (χ4n) is 1.98. The van der Waals surface area contributed by atoms with E-state index in [-0.39, 0.29) is 0 Å². The fourth-order valence-corrected chi connectivity index (χ4v) is 1.98. The summed E-state index contributed by atoms with van der Waals surface area (Å²) in [4.78, 5) is 0. The minimum absolute atomic E-state index is 1.13. The van der Waals surface area contributed by atoms with E-state index in [4.69, 9.17) is 0 Å². The summed E-state index contributed by atoms with van der Waals surface area (Å²) in [6, 6.07) is 6.52. The van der Waals surface area contributed by atoms with Crippen molar-refractivity contribution in [3.8, 4) is 0 Å². The van der Waals surface area contributed by atoms with Crippen molar-refractivity contribution in [3.05, 3.63) is 52.1 Å². The van der Waals surface area contributed by atoms with Gasteiger partial charge in [-0.15, -0.1) is 0 Å². The third-order valence-corrected chi connectivity index (χ3v) is 3.67. The zero-order chi connectivity index (χ0) is 13.0. The van der Waals surface area contributed by atoms with E-state index in [1.54, 1.807) is 0 Å². The van der Waals surface area contributed by atoms with Crippen molar-refractivity contribution in [1.82, 2.24) is 0 Å². The van der Waals surface area contributed by atoms with E-state index in [9.17, 15) is 0 Å². The van der Waals surface area contributed by atoms with Crippen LogP contribution in [0.1, 0.15) is 50.8 Å². The van der Waals surface area contributed by atoms with Gasteiger partial charge in [-0.1, -0.05) is 42.3 Å². The largest absolute Gasteiger partial charge is 0.0707 e. The lowest BCUT2D eigenvalue weighted by atomic mass is 9.96. The Bertz CT molecular complexity index is 459. The maximum absolute atomic E-state index is 2.31. The lowest BCUT2D eigenvalue weighted by Crippen LogP contribution is -1.90. The minimum atomic E-state index is 1.13. The van der Waals surface area contributed by atoms with Crippen LogP contribution >= 0.6 is 0 Å². The summed E-state index contributed by atoms with van der Waals surface area (Å²) >= 11 is 0.